The lowest BCUT2D eigenvalue weighted by atomic mass is 10.0. The first-order valence-electron chi connectivity index (χ1n) is 6.03. The molecule has 2 N–H and O–H groups in total. The van der Waals surface area contributed by atoms with Crippen LogP contribution >= 0.6 is 11.8 Å². The van der Waals surface area contributed by atoms with E-state index in [1.807, 2.05) is 13.8 Å². The molecule has 1 aliphatic rings. The lowest BCUT2D eigenvalue weighted by Crippen LogP contribution is -2.26. The van der Waals surface area contributed by atoms with Crippen LogP contribution in [0.1, 0.15) is 19.4 Å². The Morgan fingerprint density at radius 3 is 2.89 bits per heavy atom. The standard InChI is InChI=1S/C14H17NO3S/c1-4-18-9(2)14(3)8-19-13(15-14)11-6-5-10(16)7-12(11)17/h5-7,16-17H,2,4,8H2,1,3H3/t14-/m1/s1. The molecule has 1 atom stereocenters. The van der Waals surface area contributed by atoms with Crippen molar-refractivity contribution in [1.29, 1.82) is 0 Å². The summed E-state index contributed by atoms with van der Waals surface area (Å²) in [6.07, 6.45) is 0. The van der Waals surface area contributed by atoms with E-state index in [4.69, 9.17) is 4.74 Å². The summed E-state index contributed by atoms with van der Waals surface area (Å²) in [5, 5.41) is 19.9. The van der Waals surface area contributed by atoms with Crippen molar-refractivity contribution in [3.63, 3.8) is 0 Å². The molecule has 1 aromatic carbocycles. The summed E-state index contributed by atoms with van der Waals surface area (Å²) in [5.74, 6) is 1.42. The smallest absolute Gasteiger partial charge is 0.129 e. The Morgan fingerprint density at radius 1 is 1.53 bits per heavy atom. The Balaban J connectivity index is 2.30. The van der Waals surface area contributed by atoms with E-state index >= 15 is 0 Å². The minimum atomic E-state index is -0.472. The molecule has 0 radical (unpaired) electrons. The fraction of sp³-hybridized carbons (Fsp3) is 0.357. The van der Waals surface area contributed by atoms with Gasteiger partial charge in [0.25, 0.3) is 0 Å². The molecule has 102 valence electrons. The molecule has 5 heteroatoms. The van der Waals surface area contributed by atoms with Gasteiger partial charge in [0.15, 0.2) is 0 Å². The van der Waals surface area contributed by atoms with Gasteiger partial charge in [0, 0.05) is 17.4 Å². The molecule has 19 heavy (non-hydrogen) atoms. The lowest BCUT2D eigenvalue weighted by molar-refractivity contribution is 0.192. The highest BCUT2D eigenvalue weighted by atomic mass is 32.2. The van der Waals surface area contributed by atoms with Crippen LogP contribution in [0.15, 0.2) is 35.5 Å². The molecular weight excluding hydrogens is 262 g/mol. The number of phenolic OH excluding ortho intramolecular Hbond substituents is 2. The topological polar surface area (TPSA) is 62.0 Å². The van der Waals surface area contributed by atoms with Gasteiger partial charge < -0.3 is 14.9 Å². The Morgan fingerprint density at radius 2 is 2.26 bits per heavy atom. The summed E-state index contributed by atoms with van der Waals surface area (Å²) in [4.78, 5) is 4.61. The zero-order valence-electron chi connectivity index (χ0n) is 11.0. The molecular formula is C14H17NO3S. The molecule has 0 aromatic heterocycles. The van der Waals surface area contributed by atoms with E-state index in [2.05, 4.69) is 11.6 Å². The molecule has 0 amide bonds. The van der Waals surface area contributed by atoms with E-state index in [1.165, 1.54) is 12.1 Å². The maximum absolute atomic E-state index is 9.86. The van der Waals surface area contributed by atoms with Gasteiger partial charge in [0.05, 0.1) is 6.61 Å². The highest BCUT2D eigenvalue weighted by Crippen LogP contribution is 2.38. The third kappa shape index (κ3) is 2.71. The zero-order chi connectivity index (χ0) is 14.0. The predicted molar refractivity (Wildman–Crippen MR) is 77.9 cm³/mol. The summed E-state index contributed by atoms with van der Waals surface area (Å²) in [7, 11) is 0. The number of hydrogen-bond donors (Lipinski definition) is 2. The number of rotatable bonds is 4. The Hall–Kier alpha value is -1.62. The van der Waals surface area contributed by atoms with Crippen LogP contribution in [0.25, 0.3) is 0 Å². The van der Waals surface area contributed by atoms with Crippen molar-refractivity contribution in [1.82, 2.24) is 0 Å². The second-order valence-corrected chi connectivity index (χ2v) is 5.50. The lowest BCUT2D eigenvalue weighted by Gasteiger charge is -2.22. The van der Waals surface area contributed by atoms with E-state index < -0.39 is 5.54 Å². The third-order valence-corrected chi connectivity index (χ3v) is 4.26. The van der Waals surface area contributed by atoms with E-state index in [1.54, 1.807) is 17.8 Å². The third-order valence-electron chi connectivity index (χ3n) is 2.97. The monoisotopic (exact) mass is 279 g/mol. The number of phenols is 2. The first-order valence-corrected chi connectivity index (χ1v) is 7.02. The Kier molecular flexibility index (Phi) is 3.75. The SMILES string of the molecule is C=C(OCC)[C@@]1(C)CSC(c2ccc(O)cc2O)=N1. The van der Waals surface area contributed by atoms with Gasteiger partial charge in [-0.05, 0) is 26.0 Å². The van der Waals surface area contributed by atoms with Crippen molar-refractivity contribution >= 4 is 16.8 Å². The van der Waals surface area contributed by atoms with Crippen molar-refractivity contribution in [2.24, 2.45) is 4.99 Å². The second kappa shape index (κ2) is 5.17. The first-order chi connectivity index (χ1) is 8.96. The number of thioether (sulfide) groups is 1. The second-order valence-electron chi connectivity index (χ2n) is 4.54. The van der Waals surface area contributed by atoms with Gasteiger partial charge in [-0.15, -0.1) is 11.8 Å². The van der Waals surface area contributed by atoms with E-state index in [0.29, 0.717) is 17.9 Å². The Labute approximate surface area is 116 Å². The Bertz CT molecular complexity index is 541. The highest BCUT2D eigenvalue weighted by molar-refractivity contribution is 8.14. The number of aromatic hydroxyl groups is 2. The maximum Gasteiger partial charge on any atom is 0.129 e. The zero-order valence-corrected chi connectivity index (χ0v) is 11.8. The van der Waals surface area contributed by atoms with Crippen LogP contribution in [0.2, 0.25) is 0 Å². The number of hydrogen-bond acceptors (Lipinski definition) is 5. The van der Waals surface area contributed by atoms with Crippen LogP contribution in [0, 0.1) is 0 Å². The van der Waals surface area contributed by atoms with Crippen molar-refractivity contribution in [3.05, 3.63) is 36.1 Å². The molecule has 1 aromatic rings. The molecule has 4 nitrogen and oxygen atoms in total. The van der Waals surface area contributed by atoms with E-state index in [-0.39, 0.29) is 11.5 Å². The van der Waals surface area contributed by atoms with Crippen LogP contribution in [0.4, 0.5) is 0 Å². The van der Waals surface area contributed by atoms with Crippen molar-refractivity contribution in [3.8, 4) is 11.5 Å². The fourth-order valence-electron chi connectivity index (χ4n) is 1.81. The number of ether oxygens (including phenoxy) is 1. The summed E-state index contributed by atoms with van der Waals surface area (Å²) < 4.78 is 5.44. The average molecular weight is 279 g/mol. The average Bonchev–Trinajstić information content (AvgIpc) is 2.73. The molecule has 0 spiro atoms. The van der Waals surface area contributed by atoms with E-state index in [9.17, 15) is 10.2 Å². The molecule has 0 aliphatic carbocycles. The van der Waals surface area contributed by atoms with E-state index in [0.717, 1.165) is 10.8 Å². The molecule has 1 heterocycles. The maximum atomic E-state index is 9.86. The molecule has 0 unspecified atom stereocenters. The van der Waals surface area contributed by atoms with Crippen LogP contribution in [0.5, 0.6) is 11.5 Å². The molecule has 0 saturated heterocycles. The van der Waals surface area contributed by atoms with Gasteiger partial charge in [-0.1, -0.05) is 6.58 Å². The van der Waals surface area contributed by atoms with Crippen molar-refractivity contribution < 1.29 is 14.9 Å². The molecule has 0 saturated carbocycles. The van der Waals surface area contributed by atoms with Gasteiger partial charge in [-0.25, -0.2) is 0 Å². The van der Waals surface area contributed by atoms with Gasteiger partial charge >= 0.3 is 0 Å². The number of benzene rings is 1. The molecule has 1 aliphatic heterocycles. The van der Waals surface area contributed by atoms with Crippen molar-refractivity contribution in [2.75, 3.05) is 12.4 Å². The summed E-state index contributed by atoms with van der Waals surface area (Å²) in [6.45, 7) is 8.35. The summed E-state index contributed by atoms with van der Waals surface area (Å²) in [5.41, 5.74) is 0.149. The minimum absolute atomic E-state index is 0.0255. The number of nitrogens with zero attached hydrogens (tertiary/aromatic N) is 1. The van der Waals surface area contributed by atoms with Crippen LogP contribution < -0.4 is 0 Å². The van der Waals surface area contributed by atoms with Crippen LogP contribution in [-0.4, -0.2) is 33.2 Å². The first kappa shape index (κ1) is 13.8. The molecule has 0 fully saturated rings. The summed E-state index contributed by atoms with van der Waals surface area (Å²) in [6, 6.07) is 4.50. The minimum Gasteiger partial charge on any atom is -0.508 e. The molecule has 2 rings (SSSR count). The van der Waals surface area contributed by atoms with Crippen LogP contribution in [-0.2, 0) is 4.74 Å². The fourth-order valence-corrected chi connectivity index (χ4v) is 3.05. The highest BCUT2D eigenvalue weighted by Gasteiger charge is 2.35. The predicted octanol–water partition coefficient (Wildman–Crippen LogP) is 2.90. The van der Waals surface area contributed by atoms with Gasteiger partial charge in [0.2, 0.25) is 0 Å². The number of aliphatic imine (C=N–C) groups is 1. The largest absolute Gasteiger partial charge is 0.508 e. The van der Waals surface area contributed by atoms with Gasteiger partial charge in [0.1, 0.15) is 27.8 Å². The normalized spacial score (nSPS) is 22.1. The van der Waals surface area contributed by atoms with Gasteiger partial charge in [-0.3, -0.25) is 4.99 Å². The quantitative estimate of drug-likeness (QED) is 0.832. The molecule has 0 bridgehead atoms. The summed E-state index contributed by atoms with van der Waals surface area (Å²) >= 11 is 1.54. The van der Waals surface area contributed by atoms with Crippen LogP contribution in [0.3, 0.4) is 0 Å². The van der Waals surface area contributed by atoms with Crippen molar-refractivity contribution in [2.45, 2.75) is 19.4 Å². The van der Waals surface area contributed by atoms with Gasteiger partial charge in [-0.2, -0.15) is 0 Å².